The fourth-order valence-corrected chi connectivity index (χ4v) is 1.44. The second kappa shape index (κ2) is 3.34. The van der Waals surface area contributed by atoms with E-state index in [4.69, 9.17) is 12.2 Å². The fraction of sp³-hybridized carbons (Fsp3) is 0.222. The molecule has 0 aliphatic rings. The smallest absolute Gasteiger partial charge is 0.197 e. The molecule has 0 radical (unpaired) electrons. The van der Waals surface area contributed by atoms with Gasteiger partial charge >= 0.3 is 0 Å². The molecule has 14 heavy (non-hydrogen) atoms. The molecule has 0 spiro atoms. The van der Waals surface area contributed by atoms with Crippen molar-refractivity contribution in [2.45, 2.75) is 0 Å². The van der Waals surface area contributed by atoms with Crippen LogP contribution in [0.3, 0.4) is 0 Å². The Kier molecular flexibility index (Phi) is 2.17. The molecule has 0 saturated heterocycles. The predicted octanol–water partition coefficient (Wildman–Crippen LogP) is 1.55. The van der Waals surface area contributed by atoms with Gasteiger partial charge in [0.2, 0.25) is 0 Å². The molecule has 72 valence electrons. The van der Waals surface area contributed by atoms with Crippen molar-refractivity contribution >= 4 is 12.2 Å². The average Bonchev–Trinajstić information content (AvgIpc) is 2.47. The first-order valence-corrected chi connectivity index (χ1v) is 4.61. The Labute approximate surface area is 86.8 Å². The zero-order valence-corrected chi connectivity index (χ0v) is 8.82. The van der Waals surface area contributed by atoms with E-state index in [1.165, 1.54) is 0 Å². The standard InChI is InChI=1S/C9H10N4S/c1-12-8(11-13(2)9(12)14)7-3-5-10-6-4-7/h3-6H,1-2H3. The minimum Gasteiger partial charge on any atom is -0.303 e. The van der Waals surface area contributed by atoms with Crippen molar-refractivity contribution in [3.05, 3.63) is 29.3 Å². The van der Waals surface area contributed by atoms with Crippen molar-refractivity contribution in [2.75, 3.05) is 0 Å². The van der Waals surface area contributed by atoms with Gasteiger partial charge in [0.25, 0.3) is 0 Å². The van der Waals surface area contributed by atoms with Crippen molar-refractivity contribution < 1.29 is 0 Å². The Morgan fingerprint density at radius 3 is 2.36 bits per heavy atom. The molecular formula is C9H10N4S. The van der Waals surface area contributed by atoms with Gasteiger partial charge in [-0.1, -0.05) is 0 Å². The van der Waals surface area contributed by atoms with Gasteiger partial charge in [0.1, 0.15) is 0 Å². The van der Waals surface area contributed by atoms with Crippen molar-refractivity contribution in [3.63, 3.8) is 0 Å². The van der Waals surface area contributed by atoms with Gasteiger partial charge in [-0.15, -0.1) is 0 Å². The fourth-order valence-electron chi connectivity index (χ4n) is 1.31. The zero-order chi connectivity index (χ0) is 10.1. The minimum atomic E-state index is 0.705. The number of hydrogen-bond donors (Lipinski definition) is 0. The molecule has 0 unspecified atom stereocenters. The highest BCUT2D eigenvalue weighted by Gasteiger charge is 2.06. The lowest BCUT2D eigenvalue weighted by Gasteiger charge is -1.97. The lowest BCUT2D eigenvalue weighted by atomic mass is 10.2. The number of hydrogen-bond acceptors (Lipinski definition) is 3. The molecule has 0 aliphatic carbocycles. The van der Waals surface area contributed by atoms with Crippen LogP contribution in [0.5, 0.6) is 0 Å². The van der Waals surface area contributed by atoms with Crippen LogP contribution in [-0.2, 0) is 14.1 Å². The first-order valence-electron chi connectivity index (χ1n) is 4.20. The van der Waals surface area contributed by atoms with Crippen LogP contribution in [0.4, 0.5) is 0 Å². The molecule has 0 bridgehead atoms. The molecule has 0 amide bonds. The van der Waals surface area contributed by atoms with Crippen LogP contribution in [0.2, 0.25) is 0 Å². The Hall–Kier alpha value is -1.49. The Morgan fingerprint density at radius 2 is 1.86 bits per heavy atom. The summed E-state index contributed by atoms with van der Waals surface area (Å²) in [5.74, 6) is 0.861. The van der Waals surface area contributed by atoms with Crippen molar-refractivity contribution in [1.29, 1.82) is 0 Å². The molecule has 2 aromatic rings. The van der Waals surface area contributed by atoms with E-state index in [0.717, 1.165) is 11.4 Å². The number of rotatable bonds is 1. The maximum atomic E-state index is 5.16. The van der Waals surface area contributed by atoms with Gasteiger partial charge in [0, 0.05) is 32.1 Å². The highest BCUT2D eigenvalue weighted by atomic mass is 32.1. The molecule has 0 atom stereocenters. The van der Waals surface area contributed by atoms with Gasteiger partial charge in [-0.3, -0.25) is 4.98 Å². The van der Waals surface area contributed by atoms with Gasteiger partial charge in [-0.2, -0.15) is 5.10 Å². The van der Waals surface area contributed by atoms with Crippen LogP contribution in [-0.4, -0.2) is 19.3 Å². The van der Waals surface area contributed by atoms with E-state index in [1.54, 1.807) is 17.1 Å². The summed E-state index contributed by atoms with van der Waals surface area (Å²) < 4.78 is 4.27. The normalized spacial score (nSPS) is 10.4. The van der Waals surface area contributed by atoms with E-state index in [1.807, 2.05) is 30.8 Å². The number of aromatic nitrogens is 4. The highest BCUT2D eigenvalue weighted by molar-refractivity contribution is 7.71. The molecule has 2 aromatic heterocycles. The van der Waals surface area contributed by atoms with Crippen molar-refractivity contribution in [2.24, 2.45) is 14.1 Å². The summed E-state index contributed by atoms with van der Waals surface area (Å²) in [6.45, 7) is 0. The van der Waals surface area contributed by atoms with Crippen LogP contribution >= 0.6 is 12.2 Å². The average molecular weight is 206 g/mol. The summed E-state index contributed by atoms with van der Waals surface area (Å²) in [7, 11) is 3.75. The van der Waals surface area contributed by atoms with E-state index in [2.05, 4.69) is 10.1 Å². The molecular weight excluding hydrogens is 196 g/mol. The number of nitrogens with zero attached hydrogens (tertiary/aromatic N) is 4. The maximum absolute atomic E-state index is 5.16. The van der Waals surface area contributed by atoms with Gasteiger partial charge in [-0.05, 0) is 24.4 Å². The Balaban J connectivity index is 2.64. The van der Waals surface area contributed by atoms with Crippen LogP contribution in [0.25, 0.3) is 11.4 Å². The third-order valence-corrected chi connectivity index (χ3v) is 2.60. The Morgan fingerprint density at radius 1 is 1.21 bits per heavy atom. The van der Waals surface area contributed by atoms with Crippen LogP contribution in [0.1, 0.15) is 0 Å². The van der Waals surface area contributed by atoms with E-state index < -0.39 is 0 Å². The third kappa shape index (κ3) is 1.35. The molecule has 0 aliphatic heterocycles. The SMILES string of the molecule is Cn1nc(-c2ccncc2)n(C)c1=S. The lowest BCUT2D eigenvalue weighted by Crippen LogP contribution is -1.92. The molecule has 2 rings (SSSR count). The van der Waals surface area contributed by atoms with Gasteiger partial charge < -0.3 is 4.57 Å². The highest BCUT2D eigenvalue weighted by Crippen LogP contribution is 2.14. The van der Waals surface area contributed by atoms with Crippen molar-refractivity contribution in [3.8, 4) is 11.4 Å². The monoisotopic (exact) mass is 206 g/mol. The van der Waals surface area contributed by atoms with E-state index in [-0.39, 0.29) is 0 Å². The zero-order valence-electron chi connectivity index (χ0n) is 8.01. The molecule has 0 fully saturated rings. The second-order valence-electron chi connectivity index (χ2n) is 3.02. The summed E-state index contributed by atoms with van der Waals surface area (Å²) in [6.07, 6.45) is 3.49. The first kappa shape index (κ1) is 9.08. The van der Waals surface area contributed by atoms with Gasteiger partial charge in [0.15, 0.2) is 10.6 Å². The van der Waals surface area contributed by atoms with E-state index in [0.29, 0.717) is 4.77 Å². The van der Waals surface area contributed by atoms with Crippen LogP contribution in [0.15, 0.2) is 24.5 Å². The van der Waals surface area contributed by atoms with E-state index >= 15 is 0 Å². The number of aryl methyl sites for hydroxylation is 1. The summed E-state index contributed by atoms with van der Waals surface area (Å²) in [5.41, 5.74) is 1.02. The Bertz CT molecular complexity index is 497. The van der Waals surface area contributed by atoms with Gasteiger partial charge in [0.05, 0.1) is 0 Å². The first-order chi connectivity index (χ1) is 6.70. The quantitative estimate of drug-likeness (QED) is 0.664. The number of pyridine rings is 1. The summed E-state index contributed by atoms with van der Waals surface area (Å²) in [6, 6.07) is 3.83. The van der Waals surface area contributed by atoms with Crippen LogP contribution in [0, 0.1) is 4.77 Å². The molecule has 2 heterocycles. The largest absolute Gasteiger partial charge is 0.303 e. The lowest BCUT2D eigenvalue weighted by molar-refractivity contribution is 0.741. The van der Waals surface area contributed by atoms with Crippen LogP contribution < -0.4 is 0 Å². The summed E-state index contributed by atoms with van der Waals surface area (Å²) >= 11 is 5.16. The molecule has 4 nitrogen and oxygen atoms in total. The predicted molar refractivity (Wildman–Crippen MR) is 56.2 cm³/mol. The second-order valence-corrected chi connectivity index (χ2v) is 3.39. The molecule has 0 N–H and O–H groups in total. The summed E-state index contributed by atoms with van der Waals surface area (Å²) in [4.78, 5) is 3.96. The topological polar surface area (TPSA) is 35.6 Å². The van der Waals surface area contributed by atoms with E-state index in [9.17, 15) is 0 Å². The summed E-state index contributed by atoms with van der Waals surface area (Å²) in [5, 5.41) is 4.33. The third-order valence-electron chi connectivity index (χ3n) is 2.06. The molecule has 0 saturated carbocycles. The van der Waals surface area contributed by atoms with Gasteiger partial charge in [-0.25, -0.2) is 4.68 Å². The van der Waals surface area contributed by atoms with Crippen molar-refractivity contribution in [1.82, 2.24) is 19.3 Å². The maximum Gasteiger partial charge on any atom is 0.197 e. The minimum absolute atomic E-state index is 0.705. The molecule has 0 aromatic carbocycles. The molecule has 5 heteroatoms.